The molecule has 0 spiro atoms. The molecule has 43 heavy (non-hydrogen) atoms. The highest BCUT2D eigenvalue weighted by molar-refractivity contribution is 7.90. The number of ketones is 1. The van der Waals surface area contributed by atoms with E-state index in [1.807, 2.05) is 9.62 Å². The predicted octanol–water partition coefficient (Wildman–Crippen LogP) is 4.12. The number of carboxylic acids is 1. The molecular formula is C28H31F2N7O5S. The summed E-state index contributed by atoms with van der Waals surface area (Å²) in [6, 6.07) is 1.71. The number of hydrogen-bond acceptors (Lipinski definition) is 8. The number of H-pyrrole nitrogens is 1. The van der Waals surface area contributed by atoms with Crippen LogP contribution >= 0.6 is 0 Å². The van der Waals surface area contributed by atoms with Gasteiger partial charge >= 0.3 is 16.2 Å². The minimum atomic E-state index is -4.14. The first kappa shape index (κ1) is 31.4. The number of aromatic amines is 1. The van der Waals surface area contributed by atoms with Crippen molar-refractivity contribution in [1.29, 1.82) is 0 Å². The molecule has 1 aliphatic heterocycles. The standard InChI is InChI=1S/C28H31F2N7O5S/c1-5-36(4)43(41,42)35-22-7-6-21(29)24(25(22)30)26(40)20-14-32-27(31-3)19(20)10-16(2)18-12-33-28(34-13-18)37-9-8-17(15-37)11-23(38)39/h6-7,10,12-14,17,32,35H,3,5,8-9,11,15H2,1-2,4H3,(H,38,39)/b16-10+/t17-/m0/s1. The van der Waals surface area contributed by atoms with Gasteiger partial charge in [0.15, 0.2) is 5.82 Å². The molecule has 15 heteroatoms. The number of benzene rings is 1. The molecule has 12 nitrogen and oxygen atoms in total. The Morgan fingerprint density at radius 1 is 1.30 bits per heavy atom. The smallest absolute Gasteiger partial charge is 0.303 e. The molecule has 1 fully saturated rings. The molecular weight excluding hydrogens is 584 g/mol. The number of halogens is 2. The fourth-order valence-corrected chi connectivity index (χ4v) is 5.60. The van der Waals surface area contributed by atoms with Crippen LogP contribution in [0.2, 0.25) is 0 Å². The zero-order valence-corrected chi connectivity index (χ0v) is 24.6. The van der Waals surface area contributed by atoms with Crippen LogP contribution in [0.4, 0.5) is 26.2 Å². The van der Waals surface area contributed by atoms with Crippen molar-refractivity contribution in [3.05, 3.63) is 64.6 Å². The minimum absolute atomic E-state index is 0.0185. The fraction of sp³-hybridized carbons (Fsp3) is 0.321. The maximum absolute atomic E-state index is 15.5. The largest absolute Gasteiger partial charge is 0.481 e. The number of carbonyl (C=O) groups excluding carboxylic acids is 1. The topological polar surface area (TPSA) is 161 Å². The Morgan fingerprint density at radius 3 is 2.63 bits per heavy atom. The highest BCUT2D eigenvalue weighted by atomic mass is 32.2. The molecule has 1 aromatic carbocycles. The second-order valence-corrected chi connectivity index (χ2v) is 11.8. The third-order valence-corrected chi connectivity index (χ3v) is 8.76. The Bertz CT molecular complexity index is 1690. The number of anilines is 2. The van der Waals surface area contributed by atoms with Crippen LogP contribution in [0.3, 0.4) is 0 Å². The van der Waals surface area contributed by atoms with Crippen molar-refractivity contribution in [1.82, 2.24) is 19.3 Å². The van der Waals surface area contributed by atoms with Crippen LogP contribution in [0.5, 0.6) is 0 Å². The van der Waals surface area contributed by atoms with E-state index in [-0.39, 0.29) is 35.8 Å². The van der Waals surface area contributed by atoms with E-state index in [1.54, 1.807) is 32.3 Å². The molecule has 3 heterocycles. The second-order valence-electron chi connectivity index (χ2n) is 10.1. The SMILES string of the molecule is C=Nc1[nH]cc(C(=O)c2c(F)ccc(NS(=O)(=O)N(C)CC)c2F)c1/C=C(\C)c1cnc(N2CC[C@@H](CC(=O)O)C2)nc1. The average molecular weight is 616 g/mol. The summed E-state index contributed by atoms with van der Waals surface area (Å²) in [5, 5.41) is 9.04. The molecule has 0 aliphatic carbocycles. The summed E-state index contributed by atoms with van der Waals surface area (Å²) >= 11 is 0. The fourth-order valence-electron chi connectivity index (χ4n) is 4.67. The third kappa shape index (κ3) is 6.78. The van der Waals surface area contributed by atoms with Crippen molar-refractivity contribution >= 4 is 57.8 Å². The third-order valence-electron chi connectivity index (χ3n) is 7.20. The van der Waals surface area contributed by atoms with Crippen LogP contribution in [0.15, 0.2) is 35.7 Å². The number of hydrogen-bond donors (Lipinski definition) is 3. The van der Waals surface area contributed by atoms with Gasteiger partial charge in [-0.25, -0.2) is 23.7 Å². The maximum Gasteiger partial charge on any atom is 0.303 e. The highest BCUT2D eigenvalue weighted by Crippen LogP contribution is 2.32. The molecule has 3 aromatic rings. The average Bonchev–Trinajstić information content (AvgIpc) is 3.60. The van der Waals surface area contributed by atoms with E-state index in [4.69, 9.17) is 5.11 Å². The number of aliphatic imine (C=N–C) groups is 1. The van der Waals surface area contributed by atoms with Gasteiger partial charge in [-0.2, -0.15) is 12.7 Å². The predicted molar refractivity (Wildman–Crippen MR) is 159 cm³/mol. The molecule has 0 radical (unpaired) electrons. The van der Waals surface area contributed by atoms with Crippen molar-refractivity contribution < 1.29 is 31.9 Å². The number of allylic oxidation sites excluding steroid dienone is 1. The Kier molecular flexibility index (Phi) is 9.35. The lowest BCUT2D eigenvalue weighted by Gasteiger charge is -2.17. The lowest BCUT2D eigenvalue weighted by Crippen LogP contribution is -2.32. The molecule has 3 N–H and O–H groups in total. The summed E-state index contributed by atoms with van der Waals surface area (Å²) in [5.74, 6) is -3.78. The zero-order chi connectivity index (χ0) is 31.5. The number of aromatic nitrogens is 3. The van der Waals surface area contributed by atoms with Crippen LogP contribution in [-0.2, 0) is 15.0 Å². The van der Waals surface area contributed by atoms with E-state index in [9.17, 15) is 22.4 Å². The number of aliphatic carboxylic acids is 1. The van der Waals surface area contributed by atoms with Gasteiger partial charge in [-0.15, -0.1) is 0 Å². The molecule has 0 amide bonds. The first-order valence-electron chi connectivity index (χ1n) is 13.3. The first-order chi connectivity index (χ1) is 20.4. The molecule has 0 unspecified atom stereocenters. The summed E-state index contributed by atoms with van der Waals surface area (Å²) in [6.07, 6.45) is 6.78. The van der Waals surface area contributed by atoms with E-state index < -0.39 is 44.8 Å². The number of nitrogens with one attached hydrogen (secondary N) is 2. The maximum atomic E-state index is 15.5. The normalized spacial score (nSPS) is 15.6. The van der Waals surface area contributed by atoms with E-state index in [0.717, 1.165) is 22.9 Å². The molecule has 0 bridgehead atoms. The van der Waals surface area contributed by atoms with Crippen LogP contribution in [0.25, 0.3) is 11.6 Å². The molecule has 2 aromatic heterocycles. The van der Waals surface area contributed by atoms with Crippen LogP contribution in [0.1, 0.15) is 53.7 Å². The number of carbonyl (C=O) groups is 2. The number of rotatable bonds is 12. The van der Waals surface area contributed by atoms with Crippen molar-refractivity contribution in [2.24, 2.45) is 10.9 Å². The van der Waals surface area contributed by atoms with Crippen molar-refractivity contribution in [3.8, 4) is 0 Å². The molecule has 1 aliphatic rings. The van der Waals surface area contributed by atoms with Gasteiger partial charge in [-0.1, -0.05) is 6.92 Å². The van der Waals surface area contributed by atoms with Gasteiger partial charge in [0.1, 0.15) is 11.6 Å². The van der Waals surface area contributed by atoms with Crippen molar-refractivity contribution in [2.75, 3.05) is 36.3 Å². The Balaban J connectivity index is 1.63. The summed E-state index contributed by atoms with van der Waals surface area (Å²) in [4.78, 5) is 41.9. The summed E-state index contributed by atoms with van der Waals surface area (Å²) < 4.78 is 58.1. The molecule has 0 saturated carbocycles. The Labute approximate surface area is 247 Å². The molecule has 1 saturated heterocycles. The molecule has 4 rings (SSSR count). The van der Waals surface area contributed by atoms with Gasteiger partial charge < -0.3 is 15.0 Å². The van der Waals surface area contributed by atoms with Gasteiger partial charge in [0.2, 0.25) is 11.7 Å². The minimum Gasteiger partial charge on any atom is -0.481 e. The molecule has 1 atom stereocenters. The van der Waals surface area contributed by atoms with E-state index >= 15 is 4.39 Å². The number of nitrogens with zero attached hydrogens (tertiary/aromatic N) is 5. The van der Waals surface area contributed by atoms with Gasteiger partial charge in [0.05, 0.1) is 11.3 Å². The van der Waals surface area contributed by atoms with Crippen LogP contribution in [0, 0.1) is 17.6 Å². The van der Waals surface area contributed by atoms with Gasteiger partial charge in [0, 0.05) is 68.4 Å². The summed E-state index contributed by atoms with van der Waals surface area (Å²) in [6.45, 7) is 8.07. The highest BCUT2D eigenvalue weighted by Gasteiger charge is 2.28. The lowest BCUT2D eigenvalue weighted by molar-refractivity contribution is -0.137. The van der Waals surface area contributed by atoms with Gasteiger partial charge in [-0.3, -0.25) is 14.3 Å². The molecule has 228 valence electrons. The summed E-state index contributed by atoms with van der Waals surface area (Å²) in [7, 11) is -2.86. The summed E-state index contributed by atoms with van der Waals surface area (Å²) in [5.41, 5.74) is -0.257. The number of carboxylic acid groups (broad SMARTS) is 1. The Hall–Kier alpha value is -4.50. The van der Waals surface area contributed by atoms with E-state index in [1.165, 1.54) is 13.2 Å². The second kappa shape index (κ2) is 12.8. The van der Waals surface area contributed by atoms with Crippen molar-refractivity contribution in [2.45, 2.75) is 26.7 Å². The van der Waals surface area contributed by atoms with E-state index in [0.29, 0.717) is 30.2 Å². The lowest BCUT2D eigenvalue weighted by atomic mass is 9.98. The first-order valence-corrected chi connectivity index (χ1v) is 14.7. The van der Waals surface area contributed by atoms with Crippen LogP contribution < -0.4 is 9.62 Å². The van der Waals surface area contributed by atoms with Gasteiger partial charge in [0.25, 0.3) is 0 Å². The van der Waals surface area contributed by atoms with Crippen molar-refractivity contribution in [3.63, 3.8) is 0 Å². The monoisotopic (exact) mass is 615 g/mol. The van der Waals surface area contributed by atoms with E-state index in [2.05, 4.69) is 26.7 Å². The van der Waals surface area contributed by atoms with Gasteiger partial charge in [-0.05, 0) is 49.8 Å². The zero-order valence-electron chi connectivity index (χ0n) is 23.8. The van der Waals surface area contributed by atoms with Crippen LogP contribution in [-0.4, -0.2) is 77.9 Å². The quantitative estimate of drug-likeness (QED) is 0.203. The Morgan fingerprint density at radius 2 is 2.00 bits per heavy atom.